The van der Waals surface area contributed by atoms with Crippen LogP contribution in [0.15, 0.2) is 53.2 Å². The van der Waals surface area contributed by atoms with Gasteiger partial charge >= 0.3 is 0 Å². The fourth-order valence-electron chi connectivity index (χ4n) is 1.45. The second-order valence-corrected chi connectivity index (χ2v) is 4.87. The van der Waals surface area contributed by atoms with Crippen LogP contribution in [0.4, 0.5) is 0 Å². The quantitative estimate of drug-likeness (QED) is 0.512. The SMILES string of the molecule is C=CC[C@@H]1S/C(=N\N=C/c2ccccc2)NC1=O. The van der Waals surface area contributed by atoms with Gasteiger partial charge in [-0.3, -0.25) is 4.79 Å². The van der Waals surface area contributed by atoms with Gasteiger partial charge in [-0.1, -0.05) is 48.2 Å². The number of amides is 1. The Labute approximate surface area is 110 Å². The highest BCUT2D eigenvalue weighted by Gasteiger charge is 2.28. The Morgan fingerprint density at radius 3 is 2.89 bits per heavy atom. The molecule has 1 aliphatic rings. The van der Waals surface area contributed by atoms with E-state index in [0.29, 0.717) is 11.6 Å². The van der Waals surface area contributed by atoms with Crippen LogP contribution >= 0.6 is 11.8 Å². The number of benzene rings is 1. The van der Waals surface area contributed by atoms with Crippen LogP contribution in [0, 0.1) is 0 Å². The van der Waals surface area contributed by atoms with E-state index in [0.717, 1.165) is 5.56 Å². The molecule has 1 atom stereocenters. The van der Waals surface area contributed by atoms with Crippen LogP contribution in [0.5, 0.6) is 0 Å². The van der Waals surface area contributed by atoms with Crippen LogP contribution in [0.25, 0.3) is 0 Å². The number of nitrogens with one attached hydrogen (secondary N) is 1. The molecular formula is C13H13N3OS. The molecule has 1 saturated heterocycles. The summed E-state index contributed by atoms with van der Waals surface area (Å²) >= 11 is 1.38. The van der Waals surface area contributed by atoms with Crippen LogP contribution in [0.1, 0.15) is 12.0 Å². The first kappa shape index (κ1) is 12.6. The average molecular weight is 259 g/mol. The monoisotopic (exact) mass is 259 g/mol. The van der Waals surface area contributed by atoms with Gasteiger partial charge in [-0.15, -0.1) is 11.7 Å². The van der Waals surface area contributed by atoms with Crippen molar-refractivity contribution < 1.29 is 4.79 Å². The summed E-state index contributed by atoms with van der Waals surface area (Å²) in [4.78, 5) is 11.5. The average Bonchev–Trinajstić information content (AvgIpc) is 2.72. The van der Waals surface area contributed by atoms with Gasteiger partial charge in [0.25, 0.3) is 0 Å². The molecule has 1 amide bonds. The lowest BCUT2D eigenvalue weighted by molar-refractivity contribution is -0.118. The van der Waals surface area contributed by atoms with Gasteiger partial charge in [0.05, 0.1) is 11.5 Å². The minimum atomic E-state index is -0.131. The first-order chi connectivity index (χ1) is 8.79. The van der Waals surface area contributed by atoms with Crippen molar-refractivity contribution in [3.63, 3.8) is 0 Å². The number of carbonyl (C=O) groups excluding carboxylic acids is 1. The molecule has 5 heteroatoms. The van der Waals surface area contributed by atoms with Crippen molar-refractivity contribution in [1.82, 2.24) is 5.32 Å². The van der Waals surface area contributed by atoms with Gasteiger partial charge in [-0.2, -0.15) is 5.10 Å². The molecule has 1 aromatic carbocycles. The molecule has 92 valence electrons. The number of thioether (sulfide) groups is 1. The number of rotatable bonds is 4. The summed E-state index contributed by atoms with van der Waals surface area (Å²) in [6, 6.07) is 9.67. The van der Waals surface area contributed by atoms with E-state index in [9.17, 15) is 4.79 Å². The van der Waals surface area contributed by atoms with Crippen LogP contribution in [-0.4, -0.2) is 22.5 Å². The smallest absolute Gasteiger partial charge is 0.239 e. The van der Waals surface area contributed by atoms with E-state index >= 15 is 0 Å². The fraction of sp³-hybridized carbons (Fsp3) is 0.154. The summed E-state index contributed by atoms with van der Waals surface area (Å²) in [5, 5.41) is 11.0. The molecule has 0 spiro atoms. The maximum atomic E-state index is 11.5. The van der Waals surface area contributed by atoms with Crippen molar-refractivity contribution in [2.24, 2.45) is 10.2 Å². The largest absolute Gasteiger partial charge is 0.303 e. The highest BCUT2D eigenvalue weighted by atomic mass is 32.2. The minimum Gasteiger partial charge on any atom is -0.303 e. The molecule has 0 unspecified atom stereocenters. The Balaban J connectivity index is 1.97. The van der Waals surface area contributed by atoms with Crippen molar-refractivity contribution in [3.8, 4) is 0 Å². The second kappa shape index (κ2) is 6.16. The molecule has 2 rings (SSSR count). The number of hydrogen-bond acceptors (Lipinski definition) is 4. The number of carbonyl (C=O) groups is 1. The van der Waals surface area contributed by atoms with Gasteiger partial charge in [0.1, 0.15) is 0 Å². The molecule has 1 fully saturated rings. The van der Waals surface area contributed by atoms with Gasteiger partial charge < -0.3 is 5.32 Å². The lowest BCUT2D eigenvalue weighted by Gasteiger charge is -1.96. The van der Waals surface area contributed by atoms with Gasteiger partial charge in [-0.25, -0.2) is 0 Å². The van der Waals surface area contributed by atoms with Crippen molar-refractivity contribution in [2.75, 3.05) is 0 Å². The van der Waals surface area contributed by atoms with E-state index in [2.05, 4.69) is 22.1 Å². The normalized spacial score (nSPS) is 21.4. The predicted molar refractivity (Wildman–Crippen MR) is 75.8 cm³/mol. The first-order valence-electron chi connectivity index (χ1n) is 5.54. The molecule has 4 nitrogen and oxygen atoms in total. The third-order valence-electron chi connectivity index (χ3n) is 2.31. The lowest BCUT2D eigenvalue weighted by Crippen LogP contribution is -2.24. The van der Waals surface area contributed by atoms with Gasteiger partial charge in [0, 0.05) is 0 Å². The lowest BCUT2D eigenvalue weighted by atomic mass is 10.2. The number of nitrogens with zero attached hydrogens (tertiary/aromatic N) is 2. The number of hydrogen-bond donors (Lipinski definition) is 1. The van der Waals surface area contributed by atoms with Crippen molar-refractivity contribution in [2.45, 2.75) is 11.7 Å². The molecule has 1 aromatic rings. The molecule has 0 bridgehead atoms. The molecule has 0 radical (unpaired) electrons. The summed E-state index contributed by atoms with van der Waals surface area (Å²) in [6.45, 7) is 3.62. The molecule has 0 saturated carbocycles. The Morgan fingerprint density at radius 2 is 2.17 bits per heavy atom. The molecule has 0 aliphatic carbocycles. The van der Waals surface area contributed by atoms with Crippen molar-refractivity contribution in [1.29, 1.82) is 0 Å². The molecular weight excluding hydrogens is 246 g/mol. The minimum absolute atomic E-state index is 0.0337. The van der Waals surface area contributed by atoms with E-state index in [-0.39, 0.29) is 11.2 Å². The summed E-state index contributed by atoms with van der Waals surface area (Å²) in [5.41, 5.74) is 0.971. The van der Waals surface area contributed by atoms with Gasteiger partial charge in [0.2, 0.25) is 5.91 Å². The zero-order valence-electron chi connectivity index (χ0n) is 9.74. The third-order valence-corrected chi connectivity index (χ3v) is 3.41. The standard InChI is InChI=1S/C13H13N3OS/c1-2-6-11-12(17)15-13(18-11)16-14-9-10-7-4-3-5-8-10/h2-5,7-9,11H,1,6H2,(H,15,16,17)/b14-9-/t11-/m0/s1. The Hall–Kier alpha value is -1.88. The molecule has 18 heavy (non-hydrogen) atoms. The van der Waals surface area contributed by atoms with Crippen LogP contribution in [-0.2, 0) is 4.79 Å². The zero-order valence-corrected chi connectivity index (χ0v) is 10.6. The number of amidine groups is 1. The van der Waals surface area contributed by atoms with E-state index in [1.165, 1.54) is 11.8 Å². The highest BCUT2D eigenvalue weighted by Crippen LogP contribution is 2.22. The van der Waals surface area contributed by atoms with E-state index in [1.807, 2.05) is 30.3 Å². The maximum absolute atomic E-state index is 11.5. The highest BCUT2D eigenvalue weighted by molar-refractivity contribution is 8.15. The zero-order chi connectivity index (χ0) is 12.8. The molecule has 1 N–H and O–H groups in total. The van der Waals surface area contributed by atoms with Gasteiger partial charge in [-0.05, 0) is 12.0 Å². The first-order valence-corrected chi connectivity index (χ1v) is 6.42. The van der Waals surface area contributed by atoms with Crippen LogP contribution in [0.3, 0.4) is 0 Å². The van der Waals surface area contributed by atoms with Crippen LogP contribution < -0.4 is 5.32 Å². The third kappa shape index (κ3) is 3.30. The summed E-state index contributed by atoms with van der Waals surface area (Å²) in [5.74, 6) is -0.0337. The Bertz CT molecular complexity index is 496. The Kier molecular flexibility index (Phi) is 4.30. The summed E-state index contributed by atoms with van der Waals surface area (Å²) in [6.07, 6.45) is 4.02. The van der Waals surface area contributed by atoms with E-state index < -0.39 is 0 Å². The molecule has 0 aromatic heterocycles. The Morgan fingerprint density at radius 1 is 1.39 bits per heavy atom. The van der Waals surface area contributed by atoms with E-state index in [1.54, 1.807) is 12.3 Å². The number of allylic oxidation sites excluding steroid dienone is 1. The topological polar surface area (TPSA) is 53.8 Å². The second-order valence-electron chi connectivity index (χ2n) is 3.68. The van der Waals surface area contributed by atoms with Gasteiger partial charge in [0.15, 0.2) is 5.17 Å². The molecule has 1 heterocycles. The van der Waals surface area contributed by atoms with E-state index in [4.69, 9.17) is 0 Å². The summed E-state index contributed by atoms with van der Waals surface area (Å²) in [7, 11) is 0. The predicted octanol–water partition coefficient (Wildman–Crippen LogP) is 2.18. The fourth-order valence-corrected chi connectivity index (χ4v) is 2.37. The maximum Gasteiger partial charge on any atom is 0.239 e. The molecule has 1 aliphatic heterocycles. The van der Waals surface area contributed by atoms with Crippen molar-refractivity contribution >= 4 is 29.1 Å². The van der Waals surface area contributed by atoms with Crippen molar-refractivity contribution in [3.05, 3.63) is 48.6 Å². The summed E-state index contributed by atoms with van der Waals surface area (Å²) < 4.78 is 0. The van der Waals surface area contributed by atoms with Crippen LogP contribution in [0.2, 0.25) is 0 Å².